The lowest BCUT2D eigenvalue weighted by Crippen LogP contribution is -2.41. The maximum absolute atomic E-state index is 12.8. The lowest BCUT2D eigenvalue weighted by atomic mass is 9.76. The van der Waals surface area contributed by atoms with Crippen molar-refractivity contribution in [3.8, 4) is 0 Å². The van der Waals surface area contributed by atoms with Gasteiger partial charge < -0.3 is 14.2 Å². The van der Waals surface area contributed by atoms with E-state index in [1.807, 2.05) is 19.1 Å². The highest BCUT2D eigenvalue weighted by Gasteiger charge is 2.62. The Balaban J connectivity index is 2.39. The summed E-state index contributed by atoms with van der Waals surface area (Å²) in [5, 5.41) is 0. The molecule has 1 fully saturated rings. The highest BCUT2D eigenvalue weighted by Crippen LogP contribution is 2.59. The van der Waals surface area contributed by atoms with Gasteiger partial charge in [-0.3, -0.25) is 14.4 Å². The molecule has 2 aliphatic carbocycles. The van der Waals surface area contributed by atoms with E-state index in [0.717, 1.165) is 5.57 Å². The summed E-state index contributed by atoms with van der Waals surface area (Å²) in [6.45, 7) is 12.1. The van der Waals surface area contributed by atoms with Gasteiger partial charge in [-0.2, -0.15) is 0 Å². The average Bonchev–Trinajstić information content (AvgIpc) is 2.88. The Hall–Kier alpha value is -2.11. The highest BCUT2D eigenvalue weighted by atomic mass is 16.6. The Kier molecular flexibility index (Phi) is 6.50. The third-order valence-corrected chi connectivity index (χ3v) is 5.64. The molecule has 0 N–H and O–H groups in total. The van der Waals surface area contributed by atoms with Crippen LogP contribution in [0.4, 0.5) is 0 Å². The molecule has 0 aliphatic heterocycles. The third-order valence-electron chi connectivity index (χ3n) is 5.64. The number of rotatable bonds is 6. The van der Waals surface area contributed by atoms with Crippen molar-refractivity contribution >= 4 is 17.9 Å². The van der Waals surface area contributed by atoms with Crippen LogP contribution in [0.1, 0.15) is 47.0 Å². The van der Waals surface area contributed by atoms with Crippen molar-refractivity contribution in [2.75, 3.05) is 19.8 Å². The topological polar surface area (TPSA) is 78.9 Å². The lowest BCUT2D eigenvalue weighted by Gasteiger charge is -2.28. The quantitative estimate of drug-likeness (QED) is 0.306. The number of carbonyl (C=O) groups excluding carboxylic acids is 3. The summed E-state index contributed by atoms with van der Waals surface area (Å²) in [5.41, 5.74) is -0.983. The first-order chi connectivity index (χ1) is 12.7. The fraction of sp³-hybridized carbons (Fsp3) is 0.667. The van der Waals surface area contributed by atoms with Crippen molar-refractivity contribution in [3.63, 3.8) is 0 Å². The SMILES string of the molecule is C=C1C[C@H](C(=O)OCC)C=C[C@]2(C)CC(C(=O)OCC)(C(=O)OCC)C[C@H]12. The van der Waals surface area contributed by atoms with Crippen molar-refractivity contribution < 1.29 is 28.6 Å². The van der Waals surface area contributed by atoms with E-state index in [9.17, 15) is 14.4 Å². The Morgan fingerprint density at radius 2 is 1.63 bits per heavy atom. The average molecular weight is 378 g/mol. The monoisotopic (exact) mass is 378 g/mol. The zero-order valence-electron chi connectivity index (χ0n) is 16.7. The van der Waals surface area contributed by atoms with E-state index in [0.29, 0.717) is 13.0 Å². The Bertz CT molecular complexity index is 631. The molecule has 0 amide bonds. The standard InChI is InChI=1S/C21H30O6/c1-6-25-17(22)15-9-10-20(5)13-21(18(23)26-7-2,19(24)27-8-3)12-16(20)14(4)11-15/h9-10,15-16H,4,6-8,11-13H2,1-3,5H3/t15-,16-,20-/m1/s1. The maximum atomic E-state index is 12.8. The van der Waals surface area contributed by atoms with Gasteiger partial charge in [-0.05, 0) is 51.4 Å². The normalized spacial score (nSPS) is 28.8. The molecule has 0 spiro atoms. The molecule has 0 heterocycles. The van der Waals surface area contributed by atoms with Crippen LogP contribution in [-0.4, -0.2) is 37.7 Å². The van der Waals surface area contributed by atoms with E-state index in [1.165, 1.54) is 0 Å². The van der Waals surface area contributed by atoms with Crippen LogP contribution in [0.2, 0.25) is 0 Å². The summed E-state index contributed by atoms with van der Waals surface area (Å²) in [6, 6.07) is 0. The molecule has 6 nitrogen and oxygen atoms in total. The van der Waals surface area contributed by atoms with Crippen molar-refractivity contribution in [2.45, 2.75) is 47.0 Å². The Labute approximate surface area is 160 Å². The minimum absolute atomic E-state index is 0.123. The van der Waals surface area contributed by atoms with E-state index < -0.39 is 22.8 Å². The molecule has 3 atom stereocenters. The Morgan fingerprint density at radius 1 is 1.07 bits per heavy atom. The van der Waals surface area contributed by atoms with Gasteiger partial charge in [-0.1, -0.05) is 31.2 Å². The lowest BCUT2D eigenvalue weighted by molar-refractivity contribution is -0.172. The number of ether oxygens (including phenoxy) is 3. The van der Waals surface area contributed by atoms with Gasteiger partial charge in [0.05, 0.1) is 25.7 Å². The molecule has 0 radical (unpaired) electrons. The molecule has 2 aliphatic rings. The van der Waals surface area contributed by atoms with Crippen LogP contribution in [-0.2, 0) is 28.6 Å². The molecule has 6 heteroatoms. The van der Waals surface area contributed by atoms with E-state index in [4.69, 9.17) is 14.2 Å². The first-order valence-electron chi connectivity index (χ1n) is 9.62. The van der Waals surface area contributed by atoms with E-state index in [1.54, 1.807) is 20.8 Å². The Morgan fingerprint density at radius 3 is 2.15 bits per heavy atom. The minimum atomic E-state index is -1.34. The summed E-state index contributed by atoms with van der Waals surface area (Å²) < 4.78 is 15.6. The smallest absolute Gasteiger partial charge is 0.323 e. The number of hydrogen-bond donors (Lipinski definition) is 0. The second-order valence-corrected chi connectivity index (χ2v) is 7.54. The van der Waals surface area contributed by atoms with E-state index in [-0.39, 0.29) is 43.9 Å². The van der Waals surface area contributed by atoms with Gasteiger partial charge in [-0.15, -0.1) is 0 Å². The minimum Gasteiger partial charge on any atom is -0.466 e. The predicted molar refractivity (Wildman–Crippen MR) is 99.6 cm³/mol. The molecule has 1 saturated carbocycles. The molecule has 0 aromatic carbocycles. The molecule has 2 rings (SSSR count). The number of allylic oxidation sites excluding steroid dienone is 2. The number of esters is 3. The first-order valence-corrected chi connectivity index (χ1v) is 9.62. The fourth-order valence-electron chi connectivity index (χ4n) is 4.39. The van der Waals surface area contributed by atoms with Crippen LogP contribution >= 0.6 is 0 Å². The molecular weight excluding hydrogens is 348 g/mol. The van der Waals surface area contributed by atoms with Gasteiger partial charge in [0.2, 0.25) is 0 Å². The number of carbonyl (C=O) groups is 3. The molecule has 27 heavy (non-hydrogen) atoms. The summed E-state index contributed by atoms with van der Waals surface area (Å²) in [7, 11) is 0. The van der Waals surface area contributed by atoms with Crippen molar-refractivity contribution in [1.82, 2.24) is 0 Å². The largest absolute Gasteiger partial charge is 0.466 e. The molecule has 0 unspecified atom stereocenters. The summed E-state index contributed by atoms with van der Waals surface area (Å²) in [4.78, 5) is 37.7. The second-order valence-electron chi connectivity index (χ2n) is 7.54. The molecule has 0 saturated heterocycles. The molecule has 150 valence electrons. The third kappa shape index (κ3) is 3.94. The first kappa shape index (κ1) is 21.2. The van der Waals surface area contributed by atoms with Crippen molar-refractivity contribution in [2.24, 2.45) is 22.7 Å². The van der Waals surface area contributed by atoms with Gasteiger partial charge in [0.1, 0.15) is 0 Å². The molecule has 0 aromatic heterocycles. The molecule has 0 aromatic rings. The predicted octanol–water partition coefficient (Wildman–Crippen LogP) is 3.21. The maximum Gasteiger partial charge on any atom is 0.323 e. The van der Waals surface area contributed by atoms with Crippen LogP contribution < -0.4 is 0 Å². The van der Waals surface area contributed by atoms with Crippen LogP contribution in [0, 0.1) is 22.7 Å². The van der Waals surface area contributed by atoms with Gasteiger partial charge in [-0.25, -0.2) is 0 Å². The second kappa shape index (κ2) is 8.28. The molecule has 0 bridgehead atoms. The van der Waals surface area contributed by atoms with E-state index >= 15 is 0 Å². The van der Waals surface area contributed by atoms with Crippen molar-refractivity contribution in [3.05, 3.63) is 24.3 Å². The highest BCUT2D eigenvalue weighted by molar-refractivity contribution is 6.00. The van der Waals surface area contributed by atoms with Crippen LogP contribution in [0.25, 0.3) is 0 Å². The van der Waals surface area contributed by atoms with Crippen LogP contribution in [0.15, 0.2) is 24.3 Å². The van der Waals surface area contributed by atoms with Crippen LogP contribution in [0.3, 0.4) is 0 Å². The van der Waals surface area contributed by atoms with Gasteiger partial charge in [0.25, 0.3) is 0 Å². The number of hydrogen-bond acceptors (Lipinski definition) is 6. The van der Waals surface area contributed by atoms with Crippen molar-refractivity contribution in [1.29, 1.82) is 0 Å². The summed E-state index contributed by atoms with van der Waals surface area (Å²) in [6.07, 6.45) is 4.76. The van der Waals surface area contributed by atoms with Gasteiger partial charge >= 0.3 is 17.9 Å². The molecular formula is C21H30O6. The number of fused-ring (bicyclic) bond motifs is 1. The van der Waals surface area contributed by atoms with E-state index in [2.05, 4.69) is 6.58 Å². The van der Waals surface area contributed by atoms with Crippen LogP contribution in [0.5, 0.6) is 0 Å². The van der Waals surface area contributed by atoms with Gasteiger partial charge in [0, 0.05) is 0 Å². The zero-order valence-corrected chi connectivity index (χ0v) is 16.7. The van der Waals surface area contributed by atoms with Gasteiger partial charge in [0.15, 0.2) is 5.41 Å². The zero-order chi connectivity index (χ0) is 20.2. The summed E-state index contributed by atoms with van der Waals surface area (Å²) in [5.74, 6) is -1.87. The summed E-state index contributed by atoms with van der Waals surface area (Å²) >= 11 is 0. The fourth-order valence-corrected chi connectivity index (χ4v) is 4.39.